The lowest BCUT2D eigenvalue weighted by Crippen LogP contribution is -2.37. The molecule has 11 rings (SSSR count). The summed E-state index contributed by atoms with van der Waals surface area (Å²) in [5, 5.41) is 9.23. The van der Waals surface area contributed by atoms with Gasteiger partial charge < -0.3 is 4.90 Å². The van der Waals surface area contributed by atoms with E-state index < -0.39 is 13.5 Å². The maximum Gasteiger partial charge on any atom is 0.0775 e. The average molecular weight is 706 g/mol. The van der Waals surface area contributed by atoms with Crippen molar-refractivity contribution in [2.75, 3.05) is 4.90 Å². The first-order valence-corrected chi connectivity index (χ1v) is 22.6. The van der Waals surface area contributed by atoms with Crippen LogP contribution in [0.5, 0.6) is 0 Å². The van der Waals surface area contributed by atoms with E-state index in [-0.39, 0.29) is 0 Å². The first-order chi connectivity index (χ1) is 26.4. The first-order valence-electron chi connectivity index (χ1n) is 19.1. The van der Waals surface area contributed by atoms with Crippen molar-refractivity contribution in [3.8, 4) is 22.3 Å². The molecule has 0 saturated carbocycles. The zero-order valence-corrected chi connectivity index (χ0v) is 31.8. The lowest BCUT2D eigenvalue weighted by Gasteiger charge is -2.32. The molecule has 2 heteroatoms. The van der Waals surface area contributed by atoms with Gasteiger partial charge in [-0.1, -0.05) is 158 Å². The Morgan fingerprint density at radius 1 is 0.389 bits per heavy atom. The zero-order valence-electron chi connectivity index (χ0n) is 30.8. The van der Waals surface area contributed by atoms with Crippen molar-refractivity contribution in [2.24, 2.45) is 0 Å². The van der Waals surface area contributed by atoms with E-state index in [0.29, 0.717) is 0 Å². The highest BCUT2D eigenvalue weighted by molar-refractivity contribution is 6.88. The van der Waals surface area contributed by atoms with Crippen molar-refractivity contribution >= 4 is 62.6 Å². The second kappa shape index (κ2) is 11.4. The summed E-state index contributed by atoms with van der Waals surface area (Å²) in [6, 6.07) is 68.6. The summed E-state index contributed by atoms with van der Waals surface area (Å²) in [5.41, 5.74) is 13.9. The van der Waals surface area contributed by atoms with Gasteiger partial charge in [-0.15, -0.1) is 0 Å². The molecule has 54 heavy (non-hydrogen) atoms. The highest BCUT2D eigenvalue weighted by Crippen LogP contribution is 2.65. The highest BCUT2D eigenvalue weighted by Gasteiger charge is 2.53. The fourth-order valence-corrected chi connectivity index (χ4v) is 11.0. The molecule has 256 valence electrons. The van der Waals surface area contributed by atoms with Crippen LogP contribution in [0, 0.1) is 0 Å². The second-order valence-electron chi connectivity index (χ2n) is 16.1. The third-order valence-corrected chi connectivity index (χ3v) is 14.2. The van der Waals surface area contributed by atoms with Gasteiger partial charge >= 0.3 is 0 Å². The standard InChI is InChI=1S/C52H39NSi/c1-54(2,3)39-29-27-37(28-30-39)53(36-15-5-4-6-16-36)38-26-25-34-32-46-49(33-35(34)31-38)52(47-23-13-11-19-42(47)43-20-12-14-24-48(43)52)51-45-22-10-8-18-41(45)40-17-7-9-21-44(40)50(46)51/h4-33H,1-3H3. The van der Waals surface area contributed by atoms with Gasteiger partial charge in [-0.2, -0.15) is 0 Å². The van der Waals surface area contributed by atoms with Crippen molar-refractivity contribution in [1.29, 1.82) is 0 Å². The van der Waals surface area contributed by atoms with E-state index in [0.717, 1.165) is 11.4 Å². The minimum absolute atomic E-state index is 0.461. The van der Waals surface area contributed by atoms with Crippen molar-refractivity contribution in [1.82, 2.24) is 0 Å². The minimum atomic E-state index is -1.44. The molecule has 9 aromatic carbocycles. The molecule has 0 heterocycles. The number of para-hydroxylation sites is 1. The molecule has 0 bridgehead atoms. The quantitative estimate of drug-likeness (QED) is 0.130. The van der Waals surface area contributed by atoms with E-state index in [1.165, 1.54) is 87.7 Å². The normalized spacial score (nSPS) is 13.6. The van der Waals surface area contributed by atoms with Gasteiger partial charge in [0.2, 0.25) is 0 Å². The maximum absolute atomic E-state index is 2.54. The topological polar surface area (TPSA) is 3.24 Å². The van der Waals surface area contributed by atoms with Crippen LogP contribution in [0.15, 0.2) is 182 Å². The van der Waals surface area contributed by atoms with Crippen LogP contribution in [0.1, 0.15) is 22.3 Å². The van der Waals surface area contributed by atoms with Crippen LogP contribution in [0.3, 0.4) is 0 Å². The number of fused-ring (bicyclic) bond motifs is 16. The molecule has 1 spiro atoms. The molecule has 0 aliphatic heterocycles. The summed E-state index contributed by atoms with van der Waals surface area (Å²) in [7, 11) is -1.44. The van der Waals surface area contributed by atoms with Crippen LogP contribution in [0.25, 0.3) is 54.6 Å². The van der Waals surface area contributed by atoms with Crippen molar-refractivity contribution in [2.45, 2.75) is 25.1 Å². The average Bonchev–Trinajstić information content (AvgIpc) is 3.68. The predicted octanol–water partition coefficient (Wildman–Crippen LogP) is 13.5. The smallest absolute Gasteiger partial charge is 0.0775 e. The summed E-state index contributed by atoms with van der Waals surface area (Å²) in [5.74, 6) is 0. The monoisotopic (exact) mass is 705 g/mol. The van der Waals surface area contributed by atoms with Gasteiger partial charge in [0.05, 0.1) is 13.5 Å². The van der Waals surface area contributed by atoms with Gasteiger partial charge in [0.25, 0.3) is 0 Å². The van der Waals surface area contributed by atoms with Crippen molar-refractivity contribution in [3.63, 3.8) is 0 Å². The SMILES string of the molecule is C[Si](C)(C)c1ccc(N(c2ccccc2)c2ccc3cc4c(cc3c2)C2(c3ccccc3-c3ccccc32)c2c-4c3ccccc3c3ccccc23)cc1. The molecule has 1 nitrogen and oxygen atoms in total. The summed E-state index contributed by atoms with van der Waals surface area (Å²) in [6.45, 7) is 7.24. The number of hydrogen-bond acceptors (Lipinski definition) is 1. The molecular weight excluding hydrogens is 667 g/mol. The molecule has 0 amide bonds. The number of anilines is 3. The fourth-order valence-electron chi connectivity index (χ4n) is 9.82. The molecule has 0 saturated heterocycles. The zero-order chi connectivity index (χ0) is 36.2. The van der Waals surface area contributed by atoms with Crippen LogP contribution in [-0.4, -0.2) is 8.07 Å². The van der Waals surface area contributed by atoms with Gasteiger partial charge in [0, 0.05) is 17.1 Å². The Morgan fingerprint density at radius 3 is 1.59 bits per heavy atom. The van der Waals surface area contributed by atoms with E-state index in [9.17, 15) is 0 Å². The molecule has 0 aromatic heterocycles. The third-order valence-electron chi connectivity index (χ3n) is 12.2. The van der Waals surface area contributed by atoms with Gasteiger partial charge in [0.15, 0.2) is 0 Å². The Hall–Kier alpha value is -6.22. The lowest BCUT2D eigenvalue weighted by atomic mass is 9.69. The summed E-state index contributed by atoms with van der Waals surface area (Å²) in [4.78, 5) is 2.41. The second-order valence-corrected chi connectivity index (χ2v) is 21.2. The molecule has 0 fully saturated rings. The minimum Gasteiger partial charge on any atom is -0.310 e. The number of hydrogen-bond donors (Lipinski definition) is 0. The summed E-state index contributed by atoms with van der Waals surface area (Å²) >= 11 is 0. The Kier molecular flexibility index (Phi) is 6.60. The third kappa shape index (κ3) is 4.26. The first kappa shape index (κ1) is 31.3. The van der Waals surface area contributed by atoms with E-state index in [4.69, 9.17) is 0 Å². The largest absolute Gasteiger partial charge is 0.310 e. The molecular formula is C52H39NSi. The number of benzene rings is 9. The maximum atomic E-state index is 2.54. The van der Waals surface area contributed by atoms with Crippen LogP contribution < -0.4 is 10.1 Å². The molecule has 9 aromatic rings. The van der Waals surface area contributed by atoms with Gasteiger partial charge in [0.1, 0.15) is 0 Å². The lowest BCUT2D eigenvalue weighted by molar-refractivity contribution is 0.803. The summed E-state index contributed by atoms with van der Waals surface area (Å²) < 4.78 is 0. The van der Waals surface area contributed by atoms with E-state index in [1.54, 1.807) is 0 Å². The highest BCUT2D eigenvalue weighted by atomic mass is 28.3. The van der Waals surface area contributed by atoms with E-state index in [2.05, 4.69) is 207 Å². The van der Waals surface area contributed by atoms with Crippen LogP contribution in [-0.2, 0) is 5.41 Å². The van der Waals surface area contributed by atoms with Gasteiger partial charge in [-0.05, 0) is 125 Å². The molecule has 0 unspecified atom stereocenters. The molecule has 0 radical (unpaired) electrons. The number of nitrogens with zero attached hydrogens (tertiary/aromatic N) is 1. The van der Waals surface area contributed by atoms with Crippen LogP contribution >= 0.6 is 0 Å². The Bertz CT molecular complexity index is 2920. The predicted molar refractivity (Wildman–Crippen MR) is 233 cm³/mol. The summed E-state index contributed by atoms with van der Waals surface area (Å²) in [6.07, 6.45) is 0. The Balaban J connectivity index is 1.23. The molecule has 0 N–H and O–H groups in total. The van der Waals surface area contributed by atoms with Gasteiger partial charge in [-0.25, -0.2) is 0 Å². The van der Waals surface area contributed by atoms with Gasteiger partial charge in [-0.3, -0.25) is 0 Å². The Morgan fingerprint density at radius 2 is 0.926 bits per heavy atom. The van der Waals surface area contributed by atoms with E-state index in [1.807, 2.05) is 0 Å². The molecule has 2 aliphatic carbocycles. The van der Waals surface area contributed by atoms with Crippen molar-refractivity contribution in [3.05, 3.63) is 204 Å². The molecule has 0 atom stereocenters. The fraction of sp³-hybridized carbons (Fsp3) is 0.0769. The number of rotatable bonds is 4. The van der Waals surface area contributed by atoms with E-state index >= 15 is 0 Å². The van der Waals surface area contributed by atoms with Crippen LogP contribution in [0.4, 0.5) is 17.1 Å². The van der Waals surface area contributed by atoms with Crippen molar-refractivity contribution < 1.29 is 0 Å². The molecule has 2 aliphatic rings. The van der Waals surface area contributed by atoms with Crippen LogP contribution in [0.2, 0.25) is 19.6 Å². The Labute approximate surface area is 317 Å².